The van der Waals surface area contributed by atoms with Crippen molar-refractivity contribution in [3.8, 4) is 0 Å². The molecule has 1 heterocycles. The van der Waals surface area contributed by atoms with Crippen LogP contribution in [0.5, 0.6) is 0 Å². The summed E-state index contributed by atoms with van der Waals surface area (Å²) >= 11 is 11.2. The highest BCUT2D eigenvalue weighted by Crippen LogP contribution is 2.27. The molecule has 0 spiro atoms. The molecule has 90 valence electrons. The lowest BCUT2D eigenvalue weighted by Crippen LogP contribution is -1.99. The highest BCUT2D eigenvalue weighted by molar-refractivity contribution is 9.10. The fourth-order valence-corrected chi connectivity index (χ4v) is 3.16. The number of rotatable bonds is 3. The molecule has 17 heavy (non-hydrogen) atoms. The summed E-state index contributed by atoms with van der Waals surface area (Å²) in [7, 11) is 0. The van der Waals surface area contributed by atoms with Crippen molar-refractivity contribution in [1.82, 2.24) is 4.98 Å². The van der Waals surface area contributed by atoms with Gasteiger partial charge >= 0.3 is 0 Å². The second-order valence-corrected chi connectivity index (χ2v) is 6.33. The molecule has 5 heteroatoms. The Bertz CT molecular complexity index is 539. The lowest BCUT2D eigenvalue weighted by atomic mass is 10.3. The van der Waals surface area contributed by atoms with Gasteiger partial charge in [-0.15, -0.1) is 11.3 Å². The van der Waals surface area contributed by atoms with Gasteiger partial charge in [0.25, 0.3) is 0 Å². The Morgan fingerprint density at radius 1 is 1.41 bits per heavy atom. The Morgan fingerprint density at radius 2 is 2.18 bits per heavy atom. The monoisotopic (exact) mass is 330 g/mol. The Hall–Kier alpha value is -0.580. The molecule has 0 aliphatic rings. The number of nitrogens with zero attached hydrogens (tertiary/aromatic N) is 1. The summed E-state index contributed by atoms with van der Waals surface area (Å²) < 4.78 is 0.984. The molecule has 0 fully saturated rings. The van der Waals surface area contributed by atoms with Gasteiger partial charge in [0.2, 0.25) is 0 Å². The van der Waals surface area contributed by atoms with Gasteiger partial charge in [-0.1, -0.05) is 27.5 Å². The molecule has 0 amide bonds. The van der Waals surface area contributed by atoms with Crippen LogP contribution in [0.25, 0.3) is 0 Å². The molecule has 0 unspecified atom stereocenters. The average Bonchev–Trinajstić information content (AvgIpc) is 2.56. The van der Waals surface area contributed by atoms with E-state index in [1.165, 1.54) is 4.88 Å². The predicted octanol–water partition coefficient (Wildman–Crippen LogP) is 4.79. The zero-order valence-electron chi connectivity index (χ0n) is 9.55. The van der Waals surface area contributed by atoms with E-state index in [1.807, 2.05) is 32.0 Å². The van der Waals surface area contributed by atoms with Crippen LogP contribution in [0.4, 0.5) is 5.69 Å². The SMILES string of the molecule is Cc1nc(C)c(CNc2ccc(Br)cc2Cl)s1. The van der Waals surface area contributed by atoms with E-state index in [-0.39, 0.29) is 0 Å². The summed E-state index contributed by atoms with van der Waals surface area (Å²) in [6.07, 6.45) is 0. The van der Waals surface area contributed by atoms with Crippen LogP contribution < -0.4 is 5.32 Å². The molecule has 2 nitrogen and oxygen atoms in total. The van der Waals surface area contributed by atoms with Crippen molar-refractivity contribution in [1.29, 1.82) is 0 Å². The molecule has 2 aromatic rings. The van der Waals surface area contributed by atoms with E-state index in [9.17, 15) is 0 Å². The fourth-order valence-electron chi connectivity index (χ4n) is 1.55. The van der Waals surface area contributed by atoms with Gasteiger partial charge in [-0.2, -0.15) is 0 Å². The topological polar surface area (TPSA) is 24.9 Å². The smallest absolute Gasteiger partial charge is 0.0900 e. The number of aryl methyl sites for hydroxylation is 2. The maximum absolute atomic E-state index is 6.14. The Kier molecular flexibility index (Phi) is 4.07. The van der Waals surface area contributed by atoms with Crippen LogP contribution >= 0.6 is 38.9 Å². The number of aromatic nitrogens is 1. The minimum atomic E-state index is 0.721. The zero-order valence-corrected chi connectivity index (χ0v) is 12.7. The molecule has 0 saturated carbocycles. The predicted molar refractivity (Wildman–Crippen MR) is 78.1 cm³/mol. The van der Waals surface area contributed by atoms with Crippen molar-refractivity contribution in [3.63, 3.8) is 0 Å². The molecular formula is C12H12BrClN2S. The van der Waals surface area contributed by atoms with E-state index in [0.29, 0.717) is 0 Å². The van der Waals surface area contributed by atoms with Gasteiger partial charge in [-0.3, -0.25) is 0 Å². The first-order valence-corrected chi connectivity index (χ1v) is 7.17. The molecule has 0 saturated heterocycles. The van der Waals surface area contributed by atoms with Crippen LogP contribution in [0.3, 0.4) is 0 Å². The first-order valence-electron chi connectivity index (χ1n) is 5.18. The first kappa shape index (κ1) is 12.9. The number of thiazole rings is 1. The van der Waals surface area contributed by atoms with Crippen molar-refractivity contribution in [2.24, 2.45) is 0 Å². The second kappa shape index (κ2) is 5.38. The Labute approximate surface area is 118 Å². The minimum Gasteiger partial charge on any atom is -0.379 e. The quantitative estimate of drug-likeness (QED) is 0.875. The summed E-state index contributed by atoms with van der Waals surface area (Å²) in [6.45, 7) is 4.82. The number of nitrogens with one attached hydrogen (secondary N) is 1. The third-order valence-electron chi connectivity index (χ3n) is 2.37. The maximum atomic E-state index is 6.14. The normalized spacial score (nSPS) is 10.6. The highest BCUT2D eigenvalue weighted by atomic mass is 79.9. The van der Waals surface area contributed by atoms with Gasteiger partial charge in [-0.25, -0.2) is 4.98 Å². The van der Waals surface area contributed by atoms with Crippen molar-refractivity contribution < 1.29 is 0 Å². The number of hydrogen-bond donors (Lipinski definition) is 1. The third kappa shape index (κ3) is 3.21. The van der Waals surface area contributed by atoms with E-state index in [1.54, 1.807) is 11.3 Å². The second-order valence-electron chi connectivity index (χ2n) is 3.72. The van der Waals surface area contributed by atoms with Gasteiger partial charge in [0, 0.05) is 9.35 Å². The van der Waals surface area contributed by atoms with E-state index in [2.05, 4.69) is 26.2 Å². The summed E-state index contributed by atoms with van der Waals surface area (Å²) in [5, 5.41) is 5.15. The third-order valence-corrected chi connectivity index (χ3v) is 4.25. The summed E-state index contributed by atoms with van der Waals surface area (Å²) in [5.41, 5.74) is 2.04. The Balaban J connectivity index is 2.10. The standard InChI is InChI=1S/C12H12BrClN2S/c1-7-12(17-8(2)16-7)6-15-11-4-3-9(13)5-10(11)14/h3-5,15H,6H2,1-2H3. The van der Waals surface area contributed by atoms with Crippen LogP contribution in [0.15, 0.2) is 22.7 Å². The van der Waals surface area contributed by atoms with E-state index in [0.717, 1.165) is 32.4 Å². The first-order chi connectivity index (χ1) is 8.06. The molecule has 0 radical (unpaired) electrons. The molecule has 0 atom stereocenters. The molecule has 1 N–H and O–H groups in total. The summed E-state index contributed by atoms with van der Waals surface area (Å²) in [6, 6.07) is 5.82. The van der Waals surface area contributed by atoms with Crippen molar-refractivity contribution in [2.45, 2.75) is 20.4 Å². The molecule has 0 aliphatic carbocycles. The fraction of sp³-hybridized carbons (Fsp3) is 0.250. The highest BCUT2D eigenvalue weighted by Gasteiger charge is 2.06. The summed E-state index contributed by atoms with van der Waals surface area (Å²) in [4.78, 5) is 5.65. The van der Waals surface area contributed by atoms with Crippen LogP contribution in [0, 0.1) is 13.8 Å². The van der Waals surface area contributed by atoms with Crippen LogP contribution in [0.1, 0.15) is 15.6 Å². The number of benzene rings is 1. The molecular weight excluding hydrogens is 320 g/mol. The van der Waals surface area contributed by atoms with Gasteiger partial charge < -0.3 is 5.32 Å². The minimum absolute atomic E-state index is 0.721. The maximum Gasteiger partial charge on any atom is 0.0900 e. The van der Waals surface area contributed by atoms with E-state index in [4.69, 9.17) is 11.6 Å². The molecule has 0 bridgehead atoms. The number of halogens is 2. The summed E-state index contributed by atoms with van der Waals surface area (Å²) in [5.74, 6) is 0. The van der Waals surface area contributed by atoms with Crippen molar-refractivity contribution >= 4 is 44.6 Å². The van der Waals surface area contributed by atoms with E-state index >= 15 is 0 Å². The van der Waals surface area contributed by atoms with Crippen LogP contribution in [-0.4, -0.2) is 4.98 Å². The average molecular weight is 332 g/mol. The van der Waals surface area contributed by atoms with Gasteiger partial charge in [0.1, 0.15) is 0 Å². The largest absolute Gasteiger partial charge is 0.379 e. The van der Waals surface area contributed by atoms with Crippen molar-refractivity contribution in [3.05, 3.63) is 43.3 Å². The van der Waals surface area contributed by atoms with Crippen LogP contribution in [0.2, 0.25) is 5.02 Å². The molecule has 2 rings (SSSR count). The lowest BCUT2D eigenvalue weighted by molar-refractivity contribution is 1.11. The molecule has 1 aromatic carbocycles. The van der Waals surface area contributed by atoms with Gasteiger partial charge in [-0.05, 0) is 32.0 Å². The number of hydrogen-bond acceptors (Lipinski definition) is 3. The van der Waals surface area contributed by atoms with E-state index < -0.39 is 0 Å². The molecule has 1 aromatic heterocycles. The Morgan fingerprint density at radius 3 is 2.76 bits per heavy atom. The molecule has 0 aliphatic heterocycles. The van der Waals surface area contributed by atoms with Gasteiger partial charge in [0.05, 0.1) is 28.0 Å². The number of anilines is 1. The van der Waals surface area contributed by atoms with Crippen molar-refractivity contribution in [2.75, 3.05) is 5.32 Å². The zero-order chi connectivity index (χ0) is 12.4. The van der Waals surface area contributed by atoms with Gasteiger partial charge in [0.15, 0.2) is 0 Å². The lowest BCUT2D eigenvalue weighted by Gasteiger charge is -2.07. The van der Waals surface area contributed by atoms with Crippen LogP contribution in [-0.2, 0) is 6.54 Å².